The third-order valence-electron chi connectivity index (χ3n) is 3.92. The third-order valence-corrected chi connectivity index (χ3v) is 5.20. The van der Waals surface area contributed by atoms with Crippen LogP contribution in [0.1, 0.15) is 22.3 Å². The number of rotatable bonds is 6. The fourth-order valence-electron chi connectivity index (χ4n) is 2.64. The normalized spacial score (nSPS) is 10.6. The molecule has 3 rings (SSSR count). The largest absolute Gasteiger partial charge is 0.478 e. The maximum Gasteiger partial charge on any atom is 0.339 e. The van der Waals surface area contributed by atoms with E-state index in [-0.39, 0.29) is 29.4 Å². The van der Waals surface area contributed by atoms with Gasteiger partial charge in [0.05, 0.1) is 10.6 Å². The van der Waals surface area contributed by atoms with E-state index in [1.165, 1.54) is 23.5 Å². The first-order valence-corrected chi connectivity index (χ1v) is 9.35. The summed E-state index contributed by atoms with van der Waals surface area (Å²) in [5.41, 5.74) is 1.71. The van der Waals surface area contributed by atoms with Gasteiger partial charge in [-0.2, -0.15) is 0 Å². The van der Waals surface area contributed by atoms with Crippen molar-refractivity contribution in [2.45, 2.75) is 12.8 Å². The second-order valence-corrected chi connectivity index (χ2v) is 7.16. The molecule has 0 fully saturated rings. The SMILES string of the molecule is O=C(CCc1cccc(F)c1)Nc1csc(-c2ccc(Cl)cc2)c1C(=O)O. The van der Waals surface area contributed by atoms with Crippen LogP contribution >= 0.6 is 22.9 Å². The maximum atomic E-state index is 13.2. The molecule has 1 aromatic heterocycles. The lowest BCUT2D eigenvalue weighted by Gasteiger charge is -2.07. The van der Waals surface area contributed by atoms with E-state index in [1.807, 2.05) is 0 Å². The number of anilines is 1. The van der Waals surface area contributed by atoms with Gasteiger partial charge < -0.3 is 10.4 Å². The highest BCUT2D eigenvalue weighted by atomic mass is 35.5. The Kier molecular flexibility index (Phi) is 5.88. The highest BCUT2D eigenvalue weighted by Gasteiger charge is 2.21. The van der Waals surface area contributed by atoms with Crippen molar-refractivity contribution < 1.29 is 19.1 Å². The van der Waals surface area contributed by atoms with Crippen molar-refractivity contribution >= 4 is 40.5 Å². The lowest BCUT2D eigenvalue weighted by atomic mass is 10.1. The van der Waals surface area contributed by atoms with Gasteiger partial charge in [-0.15, -0.1) is 11.3 Å². The molecule has 0 radical (unpaired) electrons. The smallest absolute Gasteiger partial charge is 0.339 e. The Labute approximate surface area is 164 Å². The molecular formula is C20H15ClFNO3S. The van der Waals surface area contributed by atoms with Crippen LogP contribution in [-0.2, 0) is 11.2 Å². The summed E-state index contributed by atoms with van der Waals surface area (Å²) in [7, 11) is 0. The third kappa shape index (κ3) is 4.72. The molecule has 0 saturated heterocycles. The number of aromatic carboxylic acids is 1. The molecule has 2 aromatic carbocycles. The first-order chi connectivity index (χ1) is 12.9. The minimum absolute atomic E-state index is 0.0430. The Hall–Kier alpha value is -2.70. The Morgan fingerprint density at radius 2 is 1.89 bits per heavy atom. The Balaban J connectivity index is 1.75. The molecule has 7 heteroatoms. The van der Waals surface area contributed by atoms with Crippen molar-refractivity contribution in [2.75, 3.05) is 5.32 Å². The van der Waals surface area contributed by atoms with Crippen molar-refractivity contribution in [3.63, 3.8) is 0 Å². The number of nitrogens with one attached hydrogen (secondary N) is 1. The lowest BCUT2D eigenvalue weighted by molar-refractivity contribution is -0.116. The van der Waals surface area contributed by atoms with Gasteiger partial charge in [-0.3, -0.25) is 4.79 Å². The topological polar surface area (TPSA) is 66.4 Å². The molecule has 0 atom stereocenters. The molecule has 0 aliphatic carbocycles. The molecule has 0 aliphatic heterocycles. The Bertz CT molecular complexity index is 985. The van der Waals surface area contributed by atoms with Crippen LogP contribution in [-0.4, -0.2) is 17.0 Å². The average Bonchev–Trinajstić information content (AvgIpc) is 3.04. The van der Waals surface area contributed by atoms with Crippen molar-refractivity contribution in [3.8, 4) is 10.4 Å². The molecule has 1 heterocycles. The van der Waals surface area contributed by atoms with Gasteiger partial charge in [0.1, 0.15) is 11.4 Å². The molecular weight excluding hydrogens is 389 g/mol. The predicted molar refractivity (Wildman–Crippen MR) is 105 cm³/mol. The molecule has 0 bridgehead atoms. The monoisotopic (exact) mass is 403 g/mol. The summed E-state index contributed by atoms with van der Waals surface area (Å²) in [4.78, 5) is 24.5. The van der Waals surface area contributed by atoms with Gasteiger partial charge in [0.25, 0.3) is 0 Å². The molecule has 27 heavy (non-hydrogen) atoms. The summed E-state index contributed by atoms with van der Waals surface area (Å²) in [5.74, 6) is -1.81. The van der Waals surface area contributed by atoms with Gasteiger partial charge in [0, 0.05) is 16.8 Å². The number of carbonyl (C=O) groups excluding carboxylic acids is 1. The number of carbonyl (C=O) groups is 2. The summed E-state index contributed by atoms with van der Waals surface area (Å²) in [6, 6.07) is 12.9. The second-order valence-electron chi connectivity index (χ2n) is 5.84. The van der Waals surface area contributed by atoms with Crippen molar-refractivity contribution in [1.82, 2.24) is 0 Å². The number of hydrogen-bond donors (Lipinski definition) is 2. The van der Waals surface area contributed by atoms with Crippen LogP contribution in [0.5, 0.6) is 0 Å². The fourth-order valence-corrected chi connectivity index (χ4v) is 3.76. The van der Waals surface area contributed by atoms with Crippen LogP contribution in [0.4, 0.5) is 10.1 Å². The van der Waals surface area contributed by atoms with E-state index in [1.54, 1.807) is 41.8 Å². The Morgan fingerprint density at radius 3 is 2.56 bits per heavy atom. The maximum absolute atomic E-state index is 13.2. The van der Waals surface area contributed by atoms with Crippen LogP contribution in [0, 0.1) is 5.82 Å². The highest BCUT2D eigenvalue weighted by molar-refractivity contribution is 7.14. The van der Waals surface area contributed by atoms with Gasteiger partial charge in [-0.1, -0.05) is 35.9 Å². The van der Waals surface area contributed by atoms with E-state index < -0.39 is 5.97 Å². The van der Waals surface area contributed by atoms with Gasteiger partial charge in [-0.25, -0.2) is 9.18 Å². The molecule has 3 aromatic rings. The second kappa shape index (κ2) is 8.33. The minimum Gasteiger partial charge on any atom is -0.478 e. The first kappa shape index (κ1) is 19.1. The number of hydrogen-bond acceptors (Lipinski definition) is 3. The molecule has 0 unspecified atom stereocenters. The van der Waals surface area contributed by atoms with E-state index >= 15 is 0 Å². The van der Waals surface area contributed by atoms with E-state index in [0.717, 1.165) is 0 Å². The van der Waals surface area contributed by atoms with E-state index in [9.17, 15) is 19.1 Å². The number of aryl methyl sites for hydroxylation is 1. The van der Waals surface area contributed by atoms with Crippen LogP contribution in [0.3, 0.4) is 0 Å². The zero-order valence-electron chi connectivity index (χ0n) is 14.0. The number of amides is 1. The summed E-state index contributed by atoms with van der Waals surface area (Å²) in [6.07, 6.45) is 0.481. The lowest BCUT2D eigenvalue weighted by Crippen LogP contribution is -2.14. The molecule has 0 spiro atoms. The summed E-state index contributed by atoms with van der Waals surface area (Å²) >= 11 is 7.11. The quantitative estimate of drug-likeness (QED) is 0.573. The van der Waals surface area contributed by atoms with Crippen molar-refractivity contribution in [3.05, 3.63) is 75.9 Å². The summed E-state index contributed by atoms with van der Waals surface area (Å²) in [5, 5.41) is 14.4. The van der Waals surface area contributed by atoms with Crippen LogP contribution < -0.4 is 5.32 Å². The molecule has 138 valence electrons. The molecule has 4 nitrogen and oxygen atoms in total. The zero-order valence-corrected chi connectivity index (χ0v) is 15.6. The van der Waals surface area contributed by atoms with Crippen LogP contribution in [0.15, 0.2) is 53.9 Å². The number of halogens is 2. The Morgan fingerprint density at radius 1 is 1.15 bits per heavy atom. The number of benzene rings is 2. The summed E-state index contributed by atoms with van der Waals surface area (Å²) < 4.78 is 13.2. The van der Waals surface area contributed by atoms with Crippen molar-refractivity contribution in [2.24, 2.45) is 0 Å². The van der Waals surface area contributed by atoms with Crippen LogP contribution in [0.25, 0.3) is 10.4 Å². The number of thiophene rings is 1. The molecule has 1 amide bonds. The van der Waals surface area contributed by atoms with Gasteiger partial charge in [0.15, 0.2) is 0 Å². The standard InChI is InChI=1S/C20H15ClFNO3S/c21-14-7-5-13(6-8-14)19-18(20(25)26)16(11-27-19)23-17(24)9-4-12-2-1-3-15(22)10-12/h1-3,5-8,10-11H,4,9H2,(H,23,24)(H,25,26). The highest BCUT2D eigenvalue weighted by Crippen LogP contribution is 2.36. The first-order valence-electron chi connectivity index (χ1n) is 8.09. The minimum atomic E-state index is -1.12. The van der Waals surface area contributed by atoms with E-state index in [2.05, 4.69) is 5.32 Å². The molecule has 2 N–H and O–H groups in total. The fraction of sp³-hybridized carbons (Fsp3) is 0.100. The molecule has 0 aliphatic rings. The van der Waals surface area contributed by atoms with E-state index in [0.29, 0.717) is 27.4 Å². The van der Waals surface area contributed by atoms with Crippen molar-refractivity contribution in [1.29, 1.82) is 0 Å². The molecule has 0 saturated carbocycles. The average molecular weight is 404 g/mol. The number of carboxylic acids is 1. The zero-order chi connectivity index (χ0) is 19.4. The van der Waals surface area contributed by atoms with E-state index in [4.69, 9.17) is 11.6 Å². The van der Waals surface area contributed by atoms with Gasteiger partial charge >= 0.3 is 5.97 Å². The van der Waals surface area contributed by atoms with Gasteiger partial charge in [-0.05, 0) is 41.8 Å². The van der Waals surface area contributed by atoms with Crippen LogP contribution in [0.2, 0.25) is 5.02 Å². The summed E-state index contributed by atoms with van der Waals surface area (Å²) in [6.45, 7) is 0. The number of carboxylic acid groups (broad SMARTS) is 1. The predicted octanol–water partition coefficient (Wildman–Crippen LogP) is 5.48. The van der Waals surface area contributed by atoms with Gasteiger partial charge in [0.2, 0.25) is 5.91 Å².